The number of amides is 1. The van der Waals surface area contributed by atoms with E-state index in [1.807, 2.05) is 61.3 Å². The summed E-state index contributed by atoms with van der Waals surface area (Å²) in [5.41, 5.74) is 3.59. The Kier molecular flexibility index (Phi) is 4.81. The van der Waals surface area contributed by atoms with E-state index in [0.717, 1.165) is 11.4 Å². The summed E-state index contributed by atoms with van der Waals surface area (Å²) in [5, 5.41) is 6.61. The lowest BCUT2D eigenvalue weighted by molar-refractivity contribution is 0.0785. The fourth-order valence-electron chi connectivity index (χ4n) is 2.82. The van der Waals surface area contributed by atoms with Gasteiger partial charge in [-0.15, -0.1) is 11.3 Å². The van der Waals surface area contributed by atoms with E-state index in [2.05, 4.69) is 17.2 Å². The van der Waals surface area contributed by atoms with Gasteiger partial charge in [0.15, 0.2) is 0 Å². The van der Waals surface area contributed by atoms with Crippen LogP contribution < -0.4 is 0 Å². The maximum atomic E-state index is 12.9. The van der Waals surface area contributed by atoms with Crippen LogP contribution in [0.15, 0.2) is 47.8 Å². The molecule has 0 aliphatic rings. The zero-order chi connectivity index (χ0) is 17.1. The Labute approximate surface area is 146 Å². The molecule has 0 bridgehead atoms. The van der Waals surface area contributed by atoms with E-state index >= 15 is 0 Å². The smallest absolute Gasteiger partial charge is 0.257 e. The van der Waals surface area contributed by atoms with E-state index < -0.39 is 0 Å². The highest BCUT2D eigenvalue weighted by molar-refractivity contribution is 7.09. The third kappa shape index (κ3) is 3.41. The fourth-order valence-corrected chi connectivity index (χ4v) is 3.57. The van der Waals surface area contributed by atoms with Gasteiger partial charge in [0.1, 0.15) is 0 Å². The van der Waals surface area contributed by atoms with Crippen molar-refractivity contribution >= 4 is 17.2 Å². The summed E-state index contributed by atoms with van der Waals surface area (Å²) < 4.78 is 1.91. The van der Waals surface area contributed by atoms with Crippen molar-refractivity contribution in [1.29, 1.82) is 0 Å². The maximum absolute atomic E-state index is 12.9. The summed E-state index contributed by atoms with van der Waals surface area (Å²) in [7, 11) is 1.84. The topological polar surface area (TPSA) is 38.1 Å². The highest BCUT2D eigenvalue weighted by Crippen LogP contribution is 2.19. The van der Waals surface area contributed by atoms with Gasteiger partial charge in [0.05, 0.1) is 24.3 Å². The molecule has 0 unspecified atom stereocenters. The van der Waals surface area contributed by atoms with Crippen molar-refractivity contribution in [1.82, 2.24) is 14.7 Å². The van der Waals surface area contributed by atoms with Gasteiger partial charge in [0.2, 0.25) is 0 Å². The number of aryl methyl sites for hydroxylation is 1. The van der Waals surface area contributed by atoms with E-state index in [1.165, 1.54) is 10.4 Å². The molecular weight excluding hydrogens is 318 g/mol. The number of hydrogen-bond donors (Lipinski definition) is 0. The van der Waals surface area contributed by atoms with Gasteiger partial charge < -0.3 is 4.90 Å². The second kappa shape index (κ2) is 7.01. The van der Waals surface area contributed by atoms with Crippen LogP contribution in [-0.2, 0) is 13.1 Å². The Balaban J connectivity index is 1.81. The van der Waals surface area contributed by atoms with Crippen molar-refractivity contribution < 1.29 is 4.79 Å². The molecule has 0 radical (unpaired) electrons. The Bertz CT molecular complexity index is 822. The molecule has 1 aromatic carbocycles. The zero-order valence-electron chi connectivity index (χ0n) is 14.2. The van der Waals surface area contributed by atoms with Crippen molar-refractivity contribution in [2.45, 2.75) is 26.9 Å². The molecule has 0 atom stereocenters. The van der Waals surface area contributed by atoms with Crippen molar-refractivity contribution in [2.75, 3.05) is 7.05 Å². The van der Waals surface area contributed by atoms with Crippen molar-refractivity contribution in [2.24, 2.45) is 0 Å². The summed E-state index contributed by atoms with van der Waals surface area (Å²) in [6.45, 7) is 5.17. The molecule has 2 aromatic heterocycles. The third-order valence-corrected chi connectivity index (χ3v) is 4.95. The molecule has 3 aromatic rings. The summed E-state index contributed by atoms with van der Waals surface area (Å²) in [6.07, 6.45) is 0. The van der Waals surface area contributed by atoms with Gasteiger partial charge >= 0.3 is 0 Å². The molecule has 0 aliphatic heterocycles. The molecule has 5 heteroatoms. The number of carbonyl (C=O) groups is 1. The van der Waals surface area contributed by atoms with Crippen LogP contribution in [0.4, 0.5) is 0 Å². The molecule has 0 aliphatic carbocycles. The number of rotatable bonds is 5. The minimum absolute atomic E-state index is 0.0257. The molecule has 24 heavy (non-hydrogen) atoms. The molecule has 0 spiro atoms. The van der Waals surface area contributed by atoms with Crippen molar-refractivity contribution in [3.8, 4) is 0 Å². The van der Waals surface area contributed by atoms with Gasteiger partial charge in [-0.05, 0) is 30.9 Å². The van der Waals surface area contributed by atoms with E-state index in [0.29, 0.717) is 18.7 Å². The van der Waals surface area contributed by atoms with Crippen LogP contribution in [-0.4, -0.2) is 27.6 Å². The average molecular weight is 339 g/mol. The molecule has 0 fully saturated rings. The van der Waals surface area contributed by atoms with Crippen LogP contribution >= 0.6 is 11.3 Å². The maximum Gasteiger partial charge on any atom is 0.257 e. The van der Waals surface area contributed by atoms with Crippen LogP contribution in [0.1, 0.15) is 32.2 Å². The van der Waals surface area contributed by atoms with Gasteiger partial charge in [-0.1, -0.05) is 36.4 Å². The second-order valence-corrected chi connectivity index (χ2v) is 6.96. The van der Waals surface area contributed by atoms with Crippen LogP contribution in [0.25, 0.3) is 0 Å². The standard InChI is InChI=1S/C19H21N3OS/c1-14-18(19(23)21(3)13-17-10-7-11-24-17)15(2)22(20-14)12-16-8-5-4-6-9-16/h4-11H,12-13H2,1-3H3. The van der Waals surface area contributed by atoms with Crippen LogP contribution in [0.2, 0.25) is 0 Å². The number of benzene rings is 1. The molecule has 4 nitrogen and oxygen atoms in total. The van der Waals surface area contributed by atoms with Crippen LogP contribution in [0.5, 0.6) is 0 Å². The predicted octanol–water partition coefficient (Wildman–Crippen LogP) is 3.88. The normalized spacial score (nSPS) is 10.8. The molecule has 124 valence electrons. The van der Waals surface area contributed by atoms with Gasteiger partial charge in [-0.2, -0.15) is 5.10 Å². The quantitative estimate of drug-likeness (QED) is 0.707. The first-order valence-corrected chi connectivity index (χ1v) is 8.80. The number of hydrogen-bond acceptors (Lipinski definition) is 3. The molecule has 1 amide bonds. The summed E-state index contributed by atoms with van der Waals surface area (Å²) in [5.74, 6) is 0.0257. The summed E-state index contributed by atoms with van der Waals surface area (Å²) >= 11 is 1.66. The number of carbonyl (C=O) groups excluding carboxylic acids is 1. The molecule has 3 rings (SSSR count). The van der Waals surface area contributed by atoms with Gasteiger partial charge in [0.25, 0.3) is 5.91 Å². The van der Waals surface area contributed by atoms with Crippen LogP contribution in [0.3, 0.4) is 0 Å². The van der Waals surface area contributed by atoms with Gasteiger partial charge in [-0.3, -0.25) is 9.48 Å². The van der Waals surface area contributed by atoms with Gasteiger partial charge in [-0.25, -0.2) is 0 Å². The Morgan fingerprint density at radius 1 is 1.17 bits per heavy atom. The highest BCUT2D eigenvalue weighted by Gasteiger charge is 2.22. The lowest BCUT2D eigenvalue weighted by atomic mass is 10.1. The molecule has 2 heterocycles. The van der Waals surface area contributed by atoms with Crippen LogP contribution in [0, 0.1) is 13.8 Å². The first-order chi connectivity index (χ1) is 11.6. The SMILES string of the molecule is Cc1nn(Cc2ccccc2)c(C)c1C(=O)N(C)Cc1cccs1. The average Bonchev–Trinajstić information content (AvgIpc) is 3.16. The lowest BCUT2D eigenvalue weighted by Crippen LogP contribution is -2.26. The zero-order valence-corrected chi connectivity index (χ0v) is 15.0. The number of thiophene rings is 1. The lowest BCUT2D eigenvalue weighted by Gasteiger charge is -2.16. The predicted molar refractivity (Wildman–Crippen MR) is 97.4 cm³/mol. The van der Waals surface area contributed by atoms with Crippen molar-refractivity contribution in [3.63, 3.8) is 0 Å². The highest BCUT2D eigenvalue weighted by atomic mass is 32.1. The van der Waals surface area contributed by atoms with E-state index in [9.17, 15) is 4.79 Å². The molecular formula is C19H21N3OS. The van der Waals surface area contributed by atoms with E-state index in [1.54, 1.807) is 16.2 Å². The van der Waals surface area contributed by atoms with Crippen molar-refractivity contribution in [3.05, 3.63) is 75.2 Å². The monoisotopic (exact) mass is 339 g/mol. The minimum Gasteiger partial charge on any atom is -0.336 e. The first-order valence-electron chi connectivity index (χ1n) is 7.92. The number of aromatic nitrogens is 2. The largest absolute Gasteiger partial charge is 0.336 e. The Morgan fingerprint density at radius 2 is 1.92 bits per heavy atom. The summed E-state index contributed by atoms with van der Waals surface area (Å²) in [4.78, 5) is 15.8. The first kappa shape index (κ1) is 16.5. The minimum atomic E-state index is 0.0257. The number of nitrogens with zero attached hydrogens (tertiary/aromatic N) is 3. The summed E-state index contributed by atoms with van der Waals surface area (Å²) in [6, 6.07) is 14.2. The Morgan fingerprint density at radius 3 is 2.58 bits per heavy atom. The molecule has 0 saturated carbocycles. The Hall–Kier alpha value is -2.40. The fraction of sp³-hybridized carbons (Fsp3) is 0.263. The molecule has 0 N–H and O–H groups in total. The molecule has 0 saturated heterocycles. The second-order valence-electron chi connectivity index (χ2n) is 5.93. The van der Waals surface area contributed by atoms with E-state index in [-0.39, 0.29) is 5.91 Å². The van der Waals surface area contributed by atoms with Gasteiger partial charge in [0, 0.05) is 17.6 Å². The van der Waals surface area contributed by atoms with E-state index in [4.69, 9.17) is 0 Å². The third-order valence-electron chi connectivity index (χ3n) is 4.09.